The van der Waals surface area contributed by atoms with E-state index in [1.54, 1.807) is 0 Å². The fraction of sp³-hybridized carbons (Fsp3) is 0.0909. The molecular formula is C22H18F2N2O4. The summed E-state index contributed by atoms with van der Waals surface area (Å²) in [6, 6.07) is 13.8. The van der Waals surface area contributed by atoms with E-state index in [0.29, 0.717) is 11.4 Å². The summed E-state index contributed by atoms with van der Waals surface area (Å²) in [4.78, 5) is 24.7. The Morgan fingerprint density at radius 3 is 1.30 bits per heavy atom. The Labute approximate surface area is 171 Å². The summed E-state index contributed by atoms with van der Waals surface area (Å²) in [5, 5.41) is 5.96. The molecule has 0 aliphatic heterocycles. The first kappa shape index (κ1) is 20.8. The van der Waals surface area contributed by atoms with Crippen LogP contribution in [0.2, 0.25) is 0 Å². The molecule has 0 saturated carbocycles. The average Bonchev–Trinajstić information content (AvgIpc) is 2.76. The number of hydrogen-bond donors (Lipinski definition) is 2. The molecule has 0 aliphatic carbocycles. The van der Waals surface area contributed by atoms with Gasteiger partial charge in [-0.25, -0.2) is 18.4 Å². The lowest BCUT2D eigenvalue weighted by Gasteiger charge is -2.17. The number of hydrogen-bond acceptors (Lipinski definition) is 6. The molecule has 0 heterocycles. The van der Waals surface area contributed by atoms with E-state index in [1.807, 2.05) is 0 Å². The number of rotatable bonds is 6. The number of esters is 2. The van der Waals surface area contributed by atoms with Gasteiger partial charge in [-0.05, 0) is 60.7 Å². The fourth-order valence-electron chi connectivity index (χ4n) is 2.74. The highest BCUT2D eigenvalue weighted by Crippen LogP contribution is 2.31. The summed E-state index contributed by atoms with van der Waals surface area (Å²) in [6.07, 6.45) is 0. The molecule has 0 fully saturated rings. The minimum absolute atomic E-state index is 0.124. The van der Waals surface area contributed by atoms with Gasteiger partial charge in [-0.15, -0.1) is 0 Å². The van der Waals surface area contributed by atoms with Gasteiger partial charge in [0.2, 0.25) is 0 Å². The molecule has 154 valence electrons. The zero-order valence-corrected chi connectivity index (χ0v) is 16.2. The second kappa shape index (κ2) is 9.04. The van der Waals surface area contributed by atoms with Crippen LogP contribution in [0.15, 0.2) is 60.7 Å². The second-order valence-corrected chi connectivity index (χ2v) is 6.19. The normalized spacial score (nSPS) is 10.3. The maximum Gasteiger partial charge on any atom is 0.340 e. The molecule has 0 saturated heterocycles. The van der Waals surface area contributed by atoms with Crippen molar-refractivity contribution in [3.05, 3.63) is 83.4 Å². The highest BCUT2D eigenvalue weighted by Gasteiger charge is 2.21. The van der Waals surface area contributed by atoms with E-state index in [9.17, 15) is 18.4 Å². The minimum Gasteiger partial charge on any atom is -0.465 e. The quantitative estimate of drug-likeness (QED) is 0.554. The van der Waals surface area contributed by atoms with Crippen molar-refractivity contribution in [3.8, 4) is 0 Å². The molecule has 6 nitrogen and oxygen atoms in total. The van der Waals surface area contributed by atoms with Crippen molar-refractivity contribution < 1.29 is 27.8 Å². The molecule has 3 aromatic rings. The van der Waals surface area contributed by atoms with E-state index in [2.05, 4.69) is 10.6 Å². The number of anilines is 4. The van der Waals surface area contributed by atoms with Gasteiger partial charge in [0.1, 0.15) is 11.6 Å². The van der Waals surface area contributed by atoms with Gasteiger partial charge in [0.15, 0.2) is 0 Å². The van der Waals surface area contributed by atoms with Gasteiger partial charge in [0.05, 0.1) is 36.7 Å². The Morgan fingerprint density at radius 1 is 0.667 bits per heavy atom. The largest absolute Gasteiger partial charge is 0.465 e. The zero-order chi connectivity index (χ0) is 21.7. The third-order valence-corrected chi connectivity index (χ3v) is 4.21. The topological polar surface area (TPSA) is 76.7 Å². The maximum absolute atomic E-state index is 13.2. The number of methoxy groups -OCH3 is 2. The first-order valence-electron chi connectivity index (χ1n) is 8.81. The van der Waals surface area contributed by atoms with E-state index < -0.39 is 23.6 Å². The van der Waals surface area contributed by atoms with E-state index in [-0.39, 0.29) is 22.5 Å². The standard InChI is InChI=1S/C22H18F2N2O4/c1-29-21(27)17-11-20(26-16-9-5-14(24)6-10-16)18(22(28)30-2)12-19(17)25-15-7-3-13(23)4-8-15/h3-12,25-26H,1-2H3. The Morgan fingerprint density at radius 2 is 1.00 bits per heavy atom. The van der Waals surface area contributed by atoms with Crippen LogP contribution < -0.4 is 10.6 Å². The molecule has 0 aromatic heterocycles. The summed E-state index contributed by atoms with van der Waals surface area (Å²) < 4.78 is 36.1. The van der Waals surface area contributed by atoms with Crippen molar-refractivity contribution in [2.45, 2.75) is 0 Å². The Balaban J connectivity index is 2.09. The molecule has 2 N–H and O–H groups in total. The van der Waals surface area contributed by atoms with Crippen molar-refractivity contribution in [3.63, 3.8) is 0 Å². The Kier molecular flexibility index (Phi) is 6.26. The molecule has 0 bridgehead atoms. The Hall–Kier alpha value is -3.94. The number of benzene rings is 3. The number of nitrogens with one attached hydrogen (secondary N) is 2. The van der Waals surface area contributed by atoms with E-state index >= 15 is 0 Å². The van der Waals surface area contributed by atoms with Crippen molar-refractivity contribution in [1.29, 1.82) is 0 Å². The molecule has 30 heavy (non-hydrogen) atoms. The average molecular weight is 412 g/mol. The number of halogens is 2. The summed E-state index contributed by atoms with van der Waals surface area (Å²) in [5.74, 6) is -2.14. The van der Waals surface area contributed by atoms with Crippen LogP contribution in [-0.4, -0.2) is 26.2 Å². The molecular weight excluding hydrogens is 394 g/mol. The van der Waals surface area contributed by atoms with Crippen molar-refractivity contribution in [2.75, 3.05) is 24.9 Å². The summed E-state index contributed by atoms with van der Waals surface area (Å²) in [7, 11) is 2.45. The molecule has 0 atom stereocenters. The summed E-state index contributed by atoms with van der Waals surface area (Å²) >= 11 is 0. The number of carbonyl (C=O) groups is 2. The SMILES string of the molecule is COC(=O)c1cc(Nc2ccc(F)cc2)c(C(=O)OC)cc1Nc1ccc(F)cc1. The molecule has 0 radical (unpaired) electrons. The van der Waals surface area contributed by atoms with Gasteiger partial charge in [-0.1, -0.05) is 0 Å². The first-order chi connectivity index (χ1) is 14.4. The van der Waals surface area contributed by atoms with Gasteiger partial charge in [-0.3, -0.25) is 0 Å². The first-order valence-corrected chi connectivity index (χ1v) is 8.81. The predicted octanol–water partition coefficient (Wildman–Crippen LogP) is 5.03. The maximum atomic E-state index is 13.2. The van der Waals surface area contributed by atoms with Crippen LogP contribution in [0.3, 0.4) is 0 Å². The second-order valence-electron chi connectivity index (χ2n) is 6.19. The van der Waals surface area contributed by atoms with Gasteiger partial charge in [0, 0.05) is 11.4 Å². The third kappa shape index (κ3) is 4.72. The lowest BCUT2D eigenvalue weighted by molar-refractivity contribution is 0.0588. The zero-order valence-electron chi connectivity index (χ0n) is 16.2. The smallest absolute Gasteiger partial charge is 0.340 e. The van der Waals surface area contributed by atoms with Crippen LogP contribution in [0.4, 0.5) is 31.5 Å². The van der Waals surface area contributed by atoms with Crippen LogP contribution in [0, 0.1) is 11.6 Å². The van der Waals surface area contributed by atoms with Crippen molar-refractivity contribution in [1.82, 2.24) is 0 Å². The number of ether oxygens (including phenoxy) is 2. The van der Waals surface area contributed by atoms with Crippen LogP contribution in [0.1, 0.15) is 20.7 Å². The van der Waals surface area contributed by atoms with Crippen molar-refractivity contribution in [2.24, 2.45) is 0 Å². The highest BCUT2D eigenvalue weighted by atomic mass is 19.1. The van der Waals surface area contributed by atoms with Crippen LogP contribution in [0.5, 0.6) is 0 Å². The molecule has 0 amide bonds. The van der Waals surface area contributed by atoms with E-state index in [0.717, 1.165) is 0 Å². The van der Waals surface area contributed by atoms with Crippen LogP contribution in [0.25, 0.3) is 0 Å². The van der Waals surface area contributed by atoms with Crippen LogP contribution in [-0.2, 0) is 9.47 Å². The molecule has 3 aromatic carbocycles. The molecule has 3 rings (SSSR count). The van der Waals surface area contributed by atoms with E-state index in [4.69, 9.17) is 9.47 Å². The minimum atomic E-state index is -0.654. The summed E-state index contributed by atoms with van der Waals surface area (Å²) in [5.41, 5.74) is 1.77. The monoisotopic (exact) mass is 412 g/mol. The third-order valence-electron chi connectivity index (χ3n) is 4.21. The van der Waals surface area contributed by atoms with E-state index in [1.165, 1.54) is 74.9 Å². The molecule has 0 unspecified atom stereocenters. The lowest BCUT2D eigenvalue weighted by atomic mass is 10.0. The Bertz CT molecular complexity index is 980. The predicted molar refractivity (Wildman–Crippen MR) is 108 cm³/mol. The molecule has 8 heteroatoms. The van der Waals surface area contributed by atoms with Crippen molar-refractivity contribution >= 4 is 34.7 Å². The van der Waals surface area contributed by atoms with Gasteiger partial charge < -0.3 is 20.1 Å². The van der Waals surface area contributed by atoms with Gasteiger partial charge in [-0.2, -0.15) is 0 Å². The van der Waals surface area contributed by atoms with Crippen LogP contribution >= 0.6 is 0 Å². The fourth-order valence-corrected chi connectivity index (χ4v) is 2.74. The molecule has 0 spiro atoms. The lowest BCUT2D eigenvalue weighted by Crippen LogP contribution is -2.12. The number of carbonyl (C=O) groups excluding carboxylic acids is 2. The van der Waals surface area contributed by atoms with Gasteiger partial charge in [0.25, 0.3) is 0 Å². The summed E-state index contributed by atoms with van der Waals surface area (Å²) in [6.45, 7) is 0. The molecule has 0 aliphatic rings. The highest BCUT2D eigenvalue weighted by molar-refractivity contribution is 6.04. The van der Waals surface area contributed by atoms with Gasteiger partial charge >= 0.3 is 11.9 Å².